The molecule has 0 spiro atoms. The highest BCUT2D eigenvalue weighted by Gasteiger charge is 2.12. The first-order valence-electron chi connectivity index (χ1n) is 6.26. The first-order valence-corrected chi connectivity index (χ1v) is 6.26. The van der Waals surface area contributed by atoms with Gasteiger partial charge in [0.05, 0.1) is 12.4 Å². The molecule has 0 unspecified atom stereocenters. The number of halogens is 1. The van der Waals surface area contributed by atoms with Crippen LogP contribution in [0.25, 0.3) is 0 Å². The van der Waals surface area contributed by atoms with Gasteiger partial charge in [0.25, 0.3) is 0 Å². The summed E-state index contributed by atoms with van der Waals surface area (Å²) in [5.74, 6) is 0.418. The molecule has 1 aromatic heterocycles. The standard InChI is InChI=1S/C14H18FN3O/c1-10(2)18-9-12(8-17-18)19-14-11(7-16-3)5-4-6-13(14)15/h4-6,8-10,16H,7H2,1-3H3. The molecule has 19 heavy (non-hydrogen) atoms. The molecule has 5 heteroatoms. The molecule has 0 atom stereocenters. The minimum atomic E-state index is -0.370. The van der Waals surface area contributed by atoms with Gasteiger partial charge >= 0.3 is 0 Å². The van der Waals surface area contributed by atoms with E-state index in [2.05, 4.69) is 10.4 Å². The Labute approximate surface area is 112 Å². The molecule has 1 N–H and O–H groups in total. The van der Waals surface area contributed by atoms with Crippen LogP contribution in [0.2, 0.25) is 0 Å². The van der Waals surface area contributed by atoms with Crippen molar-refractivity contribution in [2.24, 2.45) is 0 Å². The highest BCUT2D eigenvalue weighted by atomic mass is 19.1. The average molecular weight is 263 g/mol. The van der Waals surface area contributed by atoms with Crippen molar-refractivity contribution >= 4 is 0 Å². The summed E-state index contributed by atoms with van der Waals surface area (Å²) in [6.07, 6.45) is 3.36. The van der Waals surface area contributed by atoms with E-state index in [-0.39, 0.29) is 17.6 Å². The maximum Gasteiger partial charge on any atom is 0.167 e. The molecule has 2 aromatic rings. The van der Waals surface area contributed by atoms with Crippen LogP contribution in [0.15, 0.2) is 30.6 Å². The fourth-order valence-corrected chi connectivity index (χ4v) is 1.77. The third-order valence-corrected chi connectivity index (χ3v) is 2.74. The lowest BCUT2D eigenvalue weighted by Gasteiger charge is -2.10. The highest BCUT2D eigenvalue weighted by Crippen LogP contribution is 2.28. The monoisotopic (exact) mass is 263 g/mol. The molecule has 0 saturated carbocycles. The van der Waals surface area contributed by atoms with Crippen molar-refractivity contribution in [1.29, 1.82) is 0 Å². The van der Waals surface area contributed by atoms with Crippen molar-refractivity contribution in [3.63, 3.8) is 0 Å². The van der Waals surface area contributed by atoms with E-state index in [1.54, 1.807) is 23.1 Å². The Hall–Kier alpha value is -1.88. The van der Waals surface area contributed by atoms with E-state index in [0.717, 1.165) is 5.56 Å². The number of rotatable bonds is 5. The summed E-state index contributed by atoms with van der Waals surface area (Å²) in [5.41, 5.74) is 0.778. The van der Waals surface area contributed by atoms with E-state index < -0.39 is 0 Å². The lowest BCUT2D eigenvalue weighted by molar-refractivity contribution is 0.432. The molecule has 2 rings (SSSR count). The summed E-state index contributed by atoms with van der Waals surface area (Å²) in [7, 11) is 1.81. The number of nitrogens with one attached hydrogen (secondary N) is 1. The molecule has 0 amide bonds. The zero-order valence-corrected chi connectivity index (χ0v) is 11.4. The first kappa shape index (κ1) is 13.5. The molecule has 0 aliphatic heterocycles. The third kappa shape index (κ3) is 3.12. The fourth-order valence-electron chi connectivity index (χ4n) is 1.77. The average Bonchev–Trinajstić information content (AvgIpc) is 2.82. The van der Waals surface area contributed by atoms with E-state index in [0.29, 0.717) is 12.3 Å². The quantitative estimate of drug-likeness (QED) is 0.900. The summed E-state index contributed by atoms with van der Waals surface area (Å²) >= 11 is 0. The van der Waals surface area contributed by atoms with E-state index in [9.17, 15) is 4.39 Å². The molecule has 0 radical (unpaired) electrons. The summed E-state index contributed by atoms with van der Waals surface area (Å²) < 4.78 is 21.2. The maximum absolute atomic E-state index is 13.8. The maximum atomic E-state index is 13.8. The lowest BCUT2D eigenvalue weighted by atomic mass is 10.2. The minimum Gasteiger partial charge on any atom is -0.451 e. The molecule has 0 saturated heterocycles. The van der Waals surface area contributed by atoms with Crippen LogP contribution in [0, 0.1) is 5.82 Å². The van der Waals surface area contributed by atoms with Crippen molar-refractivity contribution in [1.82, 2.24) is 15.1 Å². The Morgan fingerprint density at radius 1 is 1.42 bits per heavy atom. The summed E-state index contributed by atoms with van der Waals surface area (Å²) in [4.78, 5) is 0. The van der Waals surface area contributed by atoms with Gasteiger partial charge in [0.15, 0.2) is 17.3 Å². The summed E-state index contributed by atoms with van der Waals surface area (Å²) in [6, 6.07) is 5.14. The number of para-hydroxylation sites is 1. The Balaban J connectivity index is 2.26. The molecule has 4 nitrogen and oxygen atoms in total. The van der Waals surface area contributed by atoms with Crippen molar-refractivity contribution < 1.29 is 9.13 Å². The Morgan fingerprint density at radius 3 is 2.84 bits per heavy atom. The van der Waals surface area contributed by atoms with Crippen LogP contribution in [0.5, 0.6) is 11.5 Å². The van der Waals surface area contributed by atoms with Crippen LogP contribution in [0.3, 0.4) is 0 Å². The predicted molar refractivity (Wildman–Crippen MR) is 71.8 cm³/mol. The van der Waals surface area contributed by atoms with Crippen molar-refractivity contribution in [2.45, 2.75) is 26.4 Å². The van der Waals surface area contributed by atoms with Gasteiger partial charge in [0, 0.05) is 18.2 Å². The largest absolute Gasteiger partial charge is 0.451 e. The van der Waals surface area contributed by atoms with Crippen molar-refractivity contribution in [3.05, 3.63) is 42.0 Å². The molecule has 1 aromatic carbocycles. The number of aromatic nitrogens is 2. The SMILES string of the molecule is CNCc1cccc(F)c1Oc1cnn(C(C)C)c1. The van der Waals surface area contributed by atoms with Gasteiger partial charge < -0.3 is 10.1 Å². The van der Waals surface area contributed by atoms with Gasteiger partial charge in [0.2, 0.25) is 0 Å². The van der Waals surface area contributed by atoms with Crippen LogP contribution < -0.4 is 10.1 Å². The topological polar surface area (TPSA) is 39.1 Å². The van der Waals surface area contributed by atoms with E-state index in [1.165, 1.54) is 6.07 Å². The normalized spacial score (nSPS) is 11.0. The third-order valence-electron chi connectivity index (χ3n) is 2.74. The van der Waals surface area contributed by atoms with Crippen LogP contribution in [0.1, 0.15) is 25.5 Å². The van der Waals surface area contributed by atoms with Gasteiger partial charge in [-0.3, -0.25) is 4.68 Å². The molecular formula is C14H18FN3O. The Bertz CT molecular complexity index is 551. The fraction of sp³-hybridized carbons (Fsp3) is 0.357. The molecule has 1 heterocycles. The van der Waals surface area contributed by atoms with Gasteiger partial charge in [-0.05, 0) is 27.0 Å². The number of hydrogen-bond donors (Lipinski definition) is 1. The van der Waals surface area contributed by atoms with E-state index in [4.69, 9.17) is 4.74 Å². The second-order valence-corrected chi connectivity index (χ2v) is 4.61. The zero-order valence-electron chi connectivity index (χ0n) is 11.4. The van der Waals surface area contributed by atoms with Gasteiger partial charge in [-0.25, -0.2) is 4.39 Å². The van der Waals surface area contributed by atoms with Crippen LogP contribution in [-0.4, -0.2) is 16.8 Å². The Kier molecular flexibility index (Phi) is 4.16. The van der Waals surface area contributed by atoms with Crippen molar-refractivity contribution in [3.8, 4) is 11.5 Å². The molecule has 0 bridgehead atoms. The van der Waals surface area contributed by atoms with Crippen LogP contribution >= 0.6 is 0 Å². The number of benzene rings is 1. The van der Waals surface area contributed by atoms with E-state index in [1.807, 2.05) is 27.0 Å². The smallest absolute Gasteiger partial charge is 0.167 e. The lowest BCUT2D eigenvalue weighted by Crippen LogP contribution is -2.07. The van der Waals surface area contributed by atoms with Crippen molar-refractivity contribution in [2.75, 3.05) is 7.05 Å². The minimum absolute atomic E-state index is 0.245. The van der Waals surface area contributed by atoms with Crippen LogP contribution in [0.4, 0.5) is 4.39 Å². The van der Waals surface area contributed by atoms with Gasteiger partial charge in [-0.2, -0.15) is 5.10 Å². The zero-order chi connectivity index (χ0) is 13.8. The summed E-state index contributed by atoms with van der Waals surface area (Å²) in [6.45, 7) is 4.59. The predicted octanol–water partition coefficient (Wildman–Crippen LogP) is 3.11. The molecule has 0 aliphatic rings. The highest BCUT2D eigenvalue weighted by molar-refractivity contribution is 5.38. The van der Waals surface area contributed by atoms with Gasteiger partial charge in [0.1, 0.15) is 0 Å². The molecule has 0 fully saturated rings. The number of hydrogen-bond acceptors (Lipinski definition) is 3. The summed E-state index contributed by atoms with van der Waals surface area (Å²) in [5, 5.41) is 7.16. The Morgan fingerprint density at radius 2 is 2.21 bits per heavy atom. The molecule has 0 aliphatic carbocycles. The first-order chi connectivity index (χ1) is 9.11. The molecular weight excluding hydrogens is 245 g/mol. The van der Waals surface area contributed by atoms with Crippen LogP contribution in [-0.2, 0) is 6.54 Å². The van der Waals surface area contributed by atoms with E-state index >= 15 is 0 Å². The number of nitrogens with zero attached hydrogens (tertiary/aromatic N) is 2. The number of ether oxygens (including phenoxy) is 1. The van der Waals surface area contributed by atoms with Gasteiger partial charge in [-0.15, -0.1) is 0 Å². The van der Waals surface area contributed by atoms with Gasteiger partial charge in [-0.1, -0.05) is 12.1 Å². The second kappa shape index (κ2) is 5.84. The second-order valence-electron chi connectivity index (χ2n) is 4.61. The molecule has 102 valence electrons.